The van der Waals surface area contributed by atoms with Crippen LogP contribution in [0.15, 0.2) is 40.8 Å². The highest BCUT2D eigenvalue weighted by Crippen LogP contribution is 2.30. The summed E-state index contributed by atoms with van der Waals surface area (Å²) in [5, 5.41) is 0.636. The Kier molecular flexibility index (Phi) is 4.76. The fraction of sp³-hybridized carbons (Fsp3) is 0.211. The van der Waals surface area contributed by atoms with Gasteiger partial charge in [0.05, 0.1) is 13.2 Å². The van der Waals surface area contributed by atoms with Crippen molar-refractivity contribution >= 4 is 34.9 Å². The van der Waals surface area contributed by atoms with Crippen LogP contribution >= 0.6 is 11.6 Å². The first kappa shape index (κ1) is 16.4. The average molecular weight is 344 g/mol. The normalized spacial score (nSPS) is 11.5. The van der Waals surface area contributed by atoms with Gasteiger partial charge in [0.15, 0.2) is 17.1 Å². The van der Waals surface area contributed by atoms with Crippen molar-refractivity contribution < 1.29 is 13.9 Å². The van der Waals surface area contributed by atoms with Crippen molar-refractivity contribution in [3.63, 3.8) is 0 Å². The van der Waals surface area contributed by atoms with E-state index in [-0.39, 0.29) is 6.10 Å². The lowest BCUT2D eigenvalue weighted by Gasteiger charge is -2.13. The van der Waals surface area contributed by atoms with E-state index in [1.807, 2.05) is 50.3 Å². The minimum Gasteiger partial charge on any atom is -0.493 e. The molecule has 0 unspecified atom stereocenters. The fourth-order valence-corrected chi connectivity index (χ4v) is 2.46. The van der Waals surface area contributed by atoms with Crippen LogP contribution < -0.4 is 9.47 Å². The van der Waals surface area contributed by atoms with Crippen molar-refractivity contribution in [2.45, 2.75) is 20.0 Å². The Morgan fingerprint density at radius 3 is 2.67 bits per heavy atom. The molecule has 3 rings (SSSR count). The predicted octanol–water partition coefficient (Wildman–Crippen LogP) is 5.45. The third-order valence-electron chi connectivity index (χ3n) is 3.33. The van der Waals surface area contributed by atoms with E-state index < -0.39 is 0 Å². The first-order valence-electron chi connectivity index (χ1n) is 7.64. The number of rotatable bonds is 5. The quantitative estimate of drug-likeness (QED) is 0.618. The summed E-state index contributed by atoms with van der Waals surface area (Å²) in [6.45, 7) is 3.96. The number of halogens is 1. The average Bonchev–Trinajstić information content (AvgIpc) is 2.95. The van der Waals surface area contributed by atoms with Gasteiger partial charge in [-0.25, -0.2) is 4.98 Å². The van der Waals surface area contributed by atoms with Crippen LogP contribution in [0, 0.1) is 0 Å². The van der Waals surface area contributed by atoms with Gasteiger partial charge in [-0.3, -0.25) is 0 Å². The number of methoxy groups -OCH3 is 1. The van der Waals surface area contributed by atoms with Gasteiger partial charge in [0, 0.05) is 11.1 Å². The summed E-state index contributed by atoms with van der Waals surface area (Å²) in [6.07, 6.45) is 3.81. The highest BCUT2D eigenvalue weighted by atomic mass is 35.5. The zero-order chi connectivity index (χ0) is 17.1. The maximum absolute atomic E-state index is 5.96. The number of aromatic nitrogens is 1. The molecule has 5 heteroatoms. The topological polar surface area (TPSA) is 44.5 Å². The number of benzene rings is 2. The first-order chi connectivity index (χ1) is 11.5. The van der Waals surface area contributed by atoms with Gasteiger partial charge >= 0.3 is 0 Å². The van der Waals surface area contributed by atoms with Crippen molar-refractivity contribution in [2.24, 2.45) is 0 Å². The maximum atomic E-state index is 5.96. The predicted molar refractivity (Wildman–Crippen MR) is 96.7 cm³/mol. The Hall–Kier alpha value is -2.46. The van der Waals surface area contributed by atoms with E-state index in [9.17, 15) is 0 Å². The van der Waals surface area contributed by atoms with Crippen LogP contribution in [-0.4, -0.2) is 18.2 Å². The summed E-state index contributed by atoms with van der Waals surface area (Å²) in [7, 11) is 1.63. The second-order valence-electron chi connectivity index (χ2n) is 5.57. The van der Waals surface area contributed by atoms with Gasteiger partial charge in [-0.1, -0.05) is 17.7 Å². The van der Waals surface area contributed by atoms with Gasteiger partial charge in [0.25, 0.3) is 0 Å². The number of nitrogens with zero attached hydrogens (tertiary/aromatic N) is 1. The Balaban J connectivity index is 1.84. The number of ether oxygens (including phenoxy) is 2. The van der Waals surface area contributed by atoms with Crippen molar-refractivity contribution in [2.75, 3.05) is 7.11 Å². The number of oxazole rings is 1. The molecule has 0 amide bonds. The Morgan fingerprint density at radius 1 is 1.08 bits per heavy atom. The lowest BCUT2D eigenvalue weighted by molar-refractivity contribution is 0.230. The molecule has 0 aliphatic carbocycles. The molecule has 4 nitrogen and oxygen atoms in total. The van der Waals surface area contributed by atoms with Crippen LogP contribution in [-0.2, 0) is 0 Å². The summed E-state index contributed by atoms with van der Waals surface area (Å²) >= 11 is 5.96. The molecule has 24 heavy (non-hydrogen) atoms. The van der Waals surface area contributed by atoms with E-state index in [2.05, 4.69) is 4.98 Å². The van der Waals surface area contributed by atoms with Gasteiger partial charge in [-0.2, -0.15) is 0 Å². The molecule has 3 aromatic rings. The maximum Gasteiger partial charge on any atom is 0.220 e. The summed E-state index contributed by atoms with van der Waals surface area (Å²) in [4.78, 5) is 4.39. The molecule has 124 valence electrons. The van der Waals surface area contributed by atoms with Crippen LogP contribution in [0.1, 0.15) is 25.3 Å². The van der Waals surface area contributed by atoms with Crippen molar-refractivity contribution in [3.8, 4) is 11.5 Å². The molecule has 0 N–H and O–H groups in total. The largest absolute Gasteiger partial charge is 0.493 e. The molecule has 0 saturated carbocycles. The highest BCUT2D eigenvalue weighted by Gasteiger charge is 2.07. The van der Waals surface area contributed by atoms with Crippen molar-refractivity contribution in [3.05, 3.63) is 52.9 Å². The van der Waals surface area contributed by atoms with Crippen molar-refractivity contribution in [1.82, 2.24) is 4.98 Å². The molecule has 2 aromatic carbocycles. The standard InChI is InChI=1S/C19H18ClNO3/c1-12(2)23-17-7-4-13(10-18(17)22-3)5-9-19-21-15-11-14(20)6-8-16(15)24-19/h4-12H,1-3H3/b9-5+. The Labute approximate surface area is 145 Å². The van der Waals surface area contributed by atoms with Gasteiger partial charge in [-0.05, 0) is 55.8 Å². The summed E-state index contributed by atoms with van der Waals surface area (Å²) in [5.41, 5.74) is 2.40. The molecule has 0 spiro atoms. The summed E-state index contributed by atoms with van der Waals surface area (Å²) < 4.78 is 16.8. The third kappa shape index (κ3) is 3.71. The van der Waals surface area contributed by atoms with Gasteiger partial charge in [-0.15, -0.1) is 0 Å². The smallest absolute Gasteiger partial charge is 0.220 e. The second-order valence-corrected chi connectivity index (χ2v) is 6.01. The molecule has 0 atom stereocenters. The van der Waals surface area contributed by atoms with Crippen LogP contribution in [0.4, 0.5) is 0 Å². The molecule has 0 saturated heterocycles. The van der Waals surface area contributed by atoms with Crippen molar-refractivity contribution in [1.29, 1.82) is 0 Å². The SMILES string of the molecule is COc1cc(/C=C/c2nc3cc(Cl)ccc3o2)ccc1OC(C)C. The minimum atomic E-state index is 0.0897. The van der Waals surface area contributed by atoms with E-state index in [0.29, 0.717) is 22.2 Å². The Bertz CT molecular complexity index is 883. The molecule has 0 fully saturated rings. The molecular weight excluding hydrogens is 326 g/mol. The molecule has 0 radical (unpaired) electrons. The molecule has 1 aromatic heterocycles. The molecule has 1 heterocycles. The number of fused-ring (bicyclic) bond motifs is 1. The minimum absolute atomic E-state index is 0.0897. The lowest BCUT2D eigenvalue weighted by atomic mass is 10.2. The monoisotopic (exact) mass is 343 g/mol. The van der Waals surface area contributed by atoms with Gasteiger partial charge in [0.1, 0.15) is 5.52 Å². The number of hydrogen-bond acceptors (Lipinski definition) is 4. The van der Waals surface area contributed by atoms with E-state index >= 15 is 0 Å². The van der Waals surface area contributed by atoms with Crippen LogP contribution in [0.3, 0.4) is 0 Å². The zero-order valence-electron chi connectivity index (χ0n) is 13.7. The molecule has 0 aliphatic rings. The van der Waals surface area contributed by atoms with Crippen LogP contribution in [0.5, 0.6) is 11.5 Å². The highest BCUT2D eigenvalue weighted by molar-refractivity contribution is 6.31. The van der Waals surface area contributed by atoms with Gasteiger partial charge < -0.3 is 13.9 Å². The van der Waals surface area contributed by atoms with E-state index in [1.54, 1.807) is 19.2 Å². The Morgan fingerprint density at radius 2 is 1.92 bits per heavy atom. The molecular formula is C19H18ClNO3. The van der Waals surface area contributed by atoms with E-state index in [1.165, 1.54) is 0 Å². The van der Waals surface area contributed by atoms with E-state index in [0.717, 1.165) is 16.8 Å². The summed E-state index contributed by atoms with van der Waals surface area (Å²) in [6, 6.07) is 11.1. The first-order valence-corrected chi connectivity index (χ1v) is 8.02. The zero-order valence-corrected chi connectivity index (χ0v) is 14.5. The van der Waals surface area contributed by atoms with E-state index in [4.69, 9.17) is 25.5 Å². The summed E-state index contributed by atoms with van der Waals surface area (Å²) in [5.74, 6) is 1.94. The lowest BCUT2D eigenvalue weighted by Crippen LogP contribution is -2.06. The number of hydrogen-bond donors (Lipinski definition) is 0. The van der Waals surface area contributed by atoms with Crippen LogP contribution in [0.25, 0.3) is 23.3 Å². The molecule has 0 bridgehead atoms. The fourth-order valence-electron chi connectivity index (χ4n) is 2.30. The van der Waals surface area contributed by atoms with Crippen LogP contribution in [0.2, 0.25) is 5.02 Å². The molecule has 0 aliphatic heterocycles. The second kappa shape index (κ2) is 6.97. The third-order valence-corrected chi connectivity index (χ3v) is 3.57. The van der Waals surface area contributed by atoms with Gasteiger partial charge in [0.2, 0.25) is 5.89 Å².